The highest BCUT2D eigenvalue weighted by Crippen LogP contribution is 2.23. The highest BCUT2D eigenvalue weighted by molar-refractivity contribution is 9.11. The van der Waals surface area contributed by atoms with E-state index in [9.17, 15) is 0 Å². The van der Waals surface area contributed by atoms with E-state index in [-0.39, 0.29) is 0 Å². The summed E-state index contributed by atoms with van der Waals surface area (Å²) in [4.78, 5) is 1.29. The van der Waals surface area contributed by atoms with Crippen LogP contribution in [-0.2, 0) is 6.54 Å². The molecule has 0 fully saturated rings. The van der Waals surface area contributed by atoms with Gasteiger partial charge in [-0.15, -0.1) is 23.1 Å². The van der Waals surface area contributed by atoms with Crippen molar-refractivity contribution in [2.24, 2.45) is 0 Å². The fraction of sp³-hybridized carbons (Fsp3) is 0.167. The number of halogens is 1. The topological polar surface area (TPSA) is 12.0 Å². The van der Waals surface area contributed by atoms with Gasteiger partial charge in [-0.1, -0.05) is 6.07 Å². The summed E-state index contributed by atoms with van der Waals surface area (Å²) in [7, 11) is 0. The Hall–Kier alpha value is -0.450. The number of rotatable bonds is 4. The Labute approximate surface area is 112 Å². The lowest BCUT2D eigenvalue weighted by molar-refractivity contribution is 1.16. The molecule has 1 aromatic carbocycles. The van der Waals surface area contributed by atoms with Crippen LogP contribution in [0.15, 0.2) is 44.4 Å². The first kappa shape index (κ1) is 12.0. The van der Waals surface area contributed by atoms with Crippen LogP contribution in [0.5, 0.6) is 0 Å². The molecule has 0 amide bonds. The van der Waals surface area contributed by atoms with Crippen molar-refractivity contribution in [3.63, 3.8) is 0 Å². The lowest BCUT2D eigenvalue weighted by atomic mass is 10.3. The smallest absolute Gasteiger partial charge is 0.0701 e. The zero-order chi connectivity index (χ0) is 11.4. The lowest BCUT2D eigenvalue weighted by Gasteiger charge is -2.06. The summed E-state index contributed by atoms with van der Waals surface area (Å²) in [5.41, 5.74) is 2.49. The first-order chi connectivity index (χ1) is 7.78. The van der Waals surface area contributed by atoms with E-state index in [0.29, 0.717) is 0 Å². The second kappa shape index (κ2) is 5.75. The van der Waals surface area contributed by atoms with E-state index in [0.717, 1.165) is 6.54 Å². The summed E-state index contributed by atoms with van der Waals surface area (Å²) in [6, 6.07) is 10.6. The maximum absolute atomic E-state index is 3.47. The van der Waals surface area contributed by atoms with Crippen molar-refractivity contribution in [2.75, 3.05) is 11.6 Å². The molecule has 0 saturated carbocycles. The van der Waals surface area contributed by atoms with Crippen molar-refractivity contribution < 1.29 is 0 Å². The lowest BCUT2D eigenvalue weighted by Crippen LogP contribution is -1.97. The van der Waals surface area contributed by atoms with Crippen LogP contribution in [0.4, 0.5) is 5.69 Å². The van der Waals surface area contributed by atoms with E-state index in [4.69, 9.17) is 0 Å². The molecule has 0 aliphatic rings. The van der Waals surface area contributed by atoms with Crippen molar-refractivity contribution in [1.29, 1.82) is 0 Å². The number of hydrogen-bond donors (Lipinski definition) is 1. The Kier molecular flexibility index (Phi) is 4.32. The molecule has 1 heterocycles. The van der Waals surface area contributed by atoms with Crippen molar-refractivity contribution >= 4 is 44.7 Å². The minimum Gasteiger partial charge on any atom is -0.381 e. The van der Waals surface area contributed by atoms with Crippen molar-refractivity contribution in [1.82, 2.24) is 0 Å². The van der Waals surface area contributed by atoms with E-state index in [1.165, 1.54) is 19.9 Å². The van der Waals surface area contributed by atoms with E-state index >= 15 is 0 Å². The standard InChI is InChI=1S/C12H12BrNS2/c1-15-11-4-2-3-10(6-11)14-7-9-5-12(13)16-8-9/h2-6,8,14H,7H2,1H3. The van der Waals surface area contributed by atoms with Gasteiger partial charge >= 0.3 is 0 Å². The zero-order valence-electron chi connectivity index (χ0n) is 8.87. The van der Waals surface area contributed by atoms with Gasteiger partial charge in [-0.2, -0.15) is 0 Å². The molecule has 0 radical (unpaired) electrons. The van der Waals surface area contributed by atoms with Crippen LogP contribution >= 0.6 is 39.0 Å². The van der Waals surface area contributed by atoms with Gasteiger partial charge < -0.3 is 5.32 Å². The quantitative estimate of drug-likeness (QED) is 0.810. The average Bonchev–Trinajstić information content (AvgIpc) is 2.73. The molecule has 0 atom stereocenters. The largest absolute Gasteiger partial charge is 0.381 e. The zero-order valence-corrected chi connectivity index (χ0v) is 12.1. The monoisotopic (exact) mass is 313 g/mol. The molecule has 2 aromatic rings. The second-order valence-corrected chi connectivity index (χ2v) is 6.51. The molecule has 2 rings (SSSR count). The summed E-state index contributed by atoms with van der Waals surface area (Å²) in [5.74, 6) is 0. The second-order valence-electron chi connectivity index (χ2n) is 3.34. The van der Waals surface area contributed by atoms with Gasteiger partial charge in [0.15, 0.2) is 0 Å². The molecule has 84 valence electrons. The first-order valence-electron chi connectivity index (χ1n) is 4.89. The molecule has 16 heavy (non-hydrogen) atoms. The molecular formula is C12H12BrNS2. The molecule has 1 N–H and O–H groups in total. The van der Waals surface area contributed by atoms with Crippen LogP contribution in [0.1, 0.15) is 5.56 Å². The van der Waals surface area contributed by atoms with Gasteiger partial charge in [0.1, 0.15) is 0 Å². The van der Waals surface area contributed by atoms with Gasteiger partial charge in [0.05, 0.1) is 3.79 Å². The summed E-state index contributed by atoms with van der Waals surface area (Å²) in [5, 5.41) is 5.58. The van der Waals surface area contributed by atoms with Crippen molar-refractivity contribution in [3.8, 4) is 0 Å². The van der Waals surface area contributed by atoms with E-state index in [1.54, 1.807) is 23.1 Å². The highest BCUT2D eigenvalue weighted by atomic mass is 79.9. The number of hydrogen-bond acceptors (Lipinski definition) is 3. The minimum absolute atomic E-state index is 0.875. The van der Waals surface area contributed by atoms with Crippen LogP contribution in [0.25, 0.3) is 0 Å². The predicted molar refractivity (Wildman–Crippen MR) is 77.6 cm³/mol. The number of benzene rings is 1. The summed E-state index contributed by atoms with van der Waals surface area (Å²) in [6.07, 6.45) is 2.09. The average molecular weight is 314 g/mol. The van der Waals surface area contributed by atoms with Gasteiger partial charge in [-0.05, 0) is 57.4 Å². The Balaban J connectivity index is 1.99. The maximum Gasteiger partial charge on any atom is 0.0701 e. The predicted octanol–water partition coefficient (Wildman–Crippen LogP) is 4.84. The Morgan fingerprint density at radius 2 is 2.25 bits per heavy atom. The minimum atomic E-state index is 0.875. The summed E-state index contributed by atoms with van der Waals surface area (Å²) in [6.45, 7) is 0.875. The van der Waals surface area contributed by atoms with Gasteiger partial charge in [-0.3, -0.25) is 0 Å². The van der Waals surface area contributed by atoms with Gasteiger partial charge in [0.2, 0.25) is 0 Å². The van der Waals surface area contributed by atoms with E-state index in [1.807, 2.05) is 0 Å². The molecule has 0 aliphatic carbocycles. The Bertz CT molecular complexity index is 468. The van der Waals surface area contributed by atoms with Gasteiger partial charge in [-0.25, -0.2) is 0 Å². The molecule has 0 spiro atoms. The molecule has 0 unspecified atom stereocenters. The fourth-order valence-corrected chi connectivity index (χ4v) is 3.04. The van der Waals surface area contributed by atoms with Crippen LogP contribution < -0.4 is 5.32 Å². The molecule has 0 bridgehead atoms. The number of thiophene rings is 1. The Morgan fingerprint density at radius 3 is 2.94 bits per heavy atom. The molecule has 1 aromatic heterocycles. The van der Waals surface area contributed by atoms with E-state index < -0.39 is 0 Å². The number of nitrogens with one attached hydrogen (secondary N) is 1. The van der Waals surface area contributed by atoms with Gasteiger partial charge in [0, 0.05) is 17.1 Å². The third-order valence-corrected chi connectivity index (χ3v) is 4.47. The highest BCUT2D eigenvalue weighted by Gasteiger charge is 1.98. The maximum atomic E-state index is 3.47. The van der Waals surface area contributed by atoms with Crippen LogP contribution in [0.2, 0.25) is 0 Å². The van der Waals surface area contributed by atoms with Crippen LogP contribution in [0.3, 0.4) is 0 Å². The number of thioether (sulfide) groups is 1. The van der Waals surface area contributed by atoms with E-state index in [2.05, 4.69) is 63.2 Å². The molecule has 0 aliphatic heterocycles. The summed E-state index contributed by atoms with van der Waals surface area (Å²) < 4.78 is 1.18. The van der Waals surface area contributed by atoms with Gasteiger partial charge in [0.25, 0.3) is 0 Å². The van der Waals surface area contributed by atoms with Crippen molar-refractivity contribution in [2.45, 2.75) is 11.4 Å². The molecular weight excluding hydrogens is 302 g/mol. The fourth-order valence-electron chi connectivity index (χ4n) is 1.38. The third-order valence-electron chi connectivity index (χ3n) is 2.19. The van der Waals surface area contributed by atoms with Crippen molar-refractivity contribution in [3.05, 3.63) is 45.1 Å². The molecule has 1 nitrogen and oxygen atoms in total. The number of anilines is 1. The molecule has 0 saturated heterocycles. The normalized spacial score (nSPS) is 10.4. The first-order valence-corrected chi connectivity index (χ1v) is 7.78. The summed E-state index contributed by atoms with van der Waals surface area (Å²) >= 11 is 6.95. The molecule has 4 heteroatoms. The Morgan fingerprint density at radius 1 is 1.38 bits per heavy atom. The SMILES string of the molecule is CSc1cccc(NCc2csc(Br)c2)c1. The van der Waals surface area contributed by atoms with Crippen LogP contribution in [-0.4, -0.2) is 6.26 Å². The van der Waals surface area contributed by atoms with Crippen LogP contribution in [0, 0.1) is 0 Å². The third kappa shape index (κ3) is 3.27.